The van der Waals surface area contributed by atoms with Crippen LogP contribution in [0.4, 0.5) is 0 Å². The highest BCUT2D eigenvalue weighted by Crippen LogP contribution is 2.28. The molecule has 0 radical (unpaired) electrons. The SMILES string of the molecule is O=C(C#Cc1ccc(I)cc1)NC1(C(=O)O)CCCCC1. The number of carboxylic acids is 1. The van der Waals surface area contributed by atoms with E-state index < -0.39 is 17.4 Å². The molecule has 0 heterocycles. The van der Waals surface area contributed by atoms with Crippen molar-refractivity contribution in [1.82, 2.24) is 5.32 Å². The normalized spacial score (nSPS) is 16.4. The van der Waals surface area contributed by atoms with Gasteiger partial charge in [-0.05, 0) is 59.7 Å². The molecular formula is C16H16INO3. The topological polar surface area (TPSA) is 66.4 Å². The van der Waals surface area contributed by atoms with Crippen molar-refractivity contribution < 1.29 is 14.7 Å². The van der Waals surface area contributed by atoms with Gasteiger partial charge in [0.05, 0.1) is 0 Å². The van der Waals surface area contributed by atoms with Gasteiger partial charge in [0.1, 0.15) is 5.54 Å². The number of halogens is 1. The van der Waals surface area contributed by atoms with Crippen molar-refractivity contribution in [3.63, 3.8) is 0 Å². The molecule has 1 aromatic carbocycles. The molecule has 4 nitrogen and oxygen atoms in total. The Bertz CT molecular complexity index is 592. The summed E-state index contributed by atoms with van der Waals surface area (Å²) in [5, 5.41) is 12.0. The highest BCUT2D eigenvalue weighted by atomic mass is 127. The van der Waals surface area contributed by atoms with Crippen molar-refractivity contribution in [2.75, 3.05) is 0 Å². The van der Waals surface area contributed by atoms with Gasteiger partial charge in [-0.15, -0.1) is 0 Å². The lowest BCUT2D eigenvalue weighted by molar-refractivity contribution is -0.148. The smallest absolute Gasteiger partial charge is 0.329 e. The summed E-state index contributed by atoms with van der Waals surface area (Å²) in [6.07, 6.45) is 3.59. The average molecular weight is 397 g/mol. The standard InChI is InChI=1S/C16H16INO3/c17-13-7-4-12(5-8-13)6-9-14(19)18-16(15(20)21)10-2-1-3-11-16/h4-5,7-8H,1-3,10-11H2,(H,18,19)(H,20,21). The fourth-order valence-corrected chi connectivity index (χ4v) is 2.82. The highest BCUT2D eigenvalue weighted by Gasteiger charge is 2.40. The lowest BCUT2D eigenvalue weighted by Gasteiger charge is -2.33. The van der Waals surface area contributed by atoms with Crippen molar-refractivity contribution in [2.24, 2.45) is 0 Å². The van der Waals surface area contributed by atoms with Gasteiger partial charge in [0.25, 0.3) is 5.91 Å². The van der Waals surface area contributed by atoms with Crippen molar-refractivity contribution in [1.29, 1.82) is 0 Å². The summed E-state index contributed by atoms with van der Waals surface area (Å²) in [7, 11) is 0. The third kappa shape index (κ3) is 4.21. The van der Waals surface area contributed by atoms with E-state index >= 15 is 0 Å². The molecule has 110 valence electrons. The lowest BCUT2D eigenvalue weighted by Crippen LogP contribution is -2.55. The van der Waals surface area contributed by atoms with Crippen LogP contribution in [0.2, 0.25) is 0 Å². The van der Waals surface area contributed by atoms with Crippen LogP contribution in [0.3, 0.4) is 0 Å². The molecule has 0 spiro atoms. The van der Waals surface area contributed by atoms with Crippen molar-refractivity contribution in [2.45, 2.75) is 37.6 Å². The molecule has 1 amide bonds. The monoisotopic (exact) mass is 397 g/mol. The lowest BCUT2D eigenvalue weighted by atomic mass is 9.81. The first-order chi connectivity index (χ1) is 10.0. The van der Waals surface area contributed by atoms with Gasteiger partial charge in [0.15, 0.2) is 0 Å². The maximum absolute atomic E-state index is 11.9. The summed E-state index contributed by atoms with van der Waals surface area (Å²) in [6, 6.07) is 7.47. The molecule has 1 saturated carbocycles. The molecule has 0 atom stereocenters. The number of rotatable bonds is 2. The van der Waals surface area contributed by atoms with Crippen LogP contribution in [-0.4, -0.2) is 22.5 Å². The first-order valence-electron chi connectivity index (χ1n) is 6.85. The van der Waals surface area contributed by atoms with Crippen LogP contribution >= 0.6 is 22.6 Å². The Hall–Kier alpha value is -1.55. The third-order valence-corrected chi connectivity index (χ3v) is 4.35. The molecule has 21 heavy (non-hydrogen) atoms. The van der Waals surface area contributed by atoms with E-state index in [4.69, 9.17) is 0 Å². The number of hydrogen-bond acceptors (Lipinski definition) is 2. The summed E-state index contributed by atoms with van der Waals surface area (Å²) >= 11 is 2.19. The zero-order valence-corrected chi connectivity index (χ0v) is 13.6. The molecule has 5 heteroatoms. The Kier molecular flexibility index (Phi) is 5.23. The molecule has 1 aromatic rings. The maximum Gasteiger partial charge on any atom is 0.329 e. The van der Waals surface area contributed by atoms with Crippen LogP contribution in [0, 0.1) is 15.4 Å². The van der Waals surface area contributed by atoms with Gasteiger partial charge in [0, 0.05) is 15.1 Å². The van der Waals surface area contributed by atoms with Gasteiger partial charge < -0.3 is 10.4 Å². The van der Waals surface area contributed by atoms with Gasteiger partial charge in [0.2, 0.25) is 0 Å². The minimum atomic E-state index is -1.14. The molecule has 1 fully saturated rings. The third-order valence-electron chi connectivity index (χ3n) is 3.63. The first-order valence-corrected chi connectivity index (χ1v) is 7.93. The fourth-order valence-electron chi connectivity index (χ4n) is 2.46. The summed E-state index contributed by atoms with van der Waals surface area (Å²) < 4.78 is 1.09. The molecular weight excluding hydrogens is 381 g/mol. The molecule has 1 aliphatic rings. The number of hydrogen-bond donors (Lipinski definition) is 2. The second-order valence-electron chi connectivity index (χ2n) is 5.16. The van der Waals surface area contributed by atoms with E-state index in [-0.39, 0.29) is 0 Å². The number of nitrogens with one attached hydrogen (secondary N) is 1. The van der Waals surface area contributed by atoms with Crippen LogP contribution in [0.5, 0.6) is 0 Å². The van der Waals surface area contributed by atoms with E-state index in [9.17, 15) is 14.7 Å². The predicted octanol–water partition coefficient (Wildman–Crippen LogP) is 2.55. The zero-order chi connectivity index (χ0) is 15.3. The van der Waals surface area contributed by atoms with E-state index in [0.717, 1.165) is 28.4 Å². The van der Waals surface area contributed by atoms with Crippen molar-refractivity contribution >= 4 is 34.5 Å². The van der Waals surface area contributed by atoms with Crippen molar-refractivity contribution in [3.8, 4) is 11.8 Å². The van der Waals surface area contributed by atoms with Gasteiger partial charge in [-0.25, -0.2) is 4.79 Å². The summed E-state index contributed by atoms with van der Waals surface area (Å²) in [5.41, 5.74) is -0.408. The summed E-state index contributed by atoms with van der Waals surface area (Å²) in [6.45, 7) is 0. The molecule has 0 bridgehead atoms. The van der Waals surface area contributed by atoms with E-state index in [0.29, 0.717) is 12.8 Å². The van der Waals surface area contributed by atoms with E-state index in [1.165, 1.54) is 0 Å². The fraction of sp³-hybridized carbons (Fsp3) is 0.375. The number of carbonyl (C=O) groups is 2. The molecule has 2 N–H and O–H groups in total. The van der Waals surface area contributed by atoms with Gasteiger partial charge in [-0.1, -0.05) is 25.2 Å². The Labute approximate surface area is 137 Å². The number of amides is 1. The molecule has 0 aromatic heterocycles. The van der Waals surface area contributed by atoms with Gasteiger partial charge in [-0.3, -0.25) is 4.79 Å². The number of carboxylic acid groups (broad SMARTS) is 1. The highest BCUT2D eigenvalue weighted by molar-refractivity contribution is 14.1. The molecule has 1 aliphatic carbocycles. The van der Waals surface area contributed by atoms with Crippen LogP contribution in [0.15, 0.2) is 24.3 Å². The Balaban J connectivity index is 2.06. The van der Waals surface area contributed by atoms with Gasteiger partial charge >= 0.3 is 5.97 Å². The summed E-state index contributed by atoms with van der Waals surface area (Å²) in [4.78, 5) is 23.4. The molecule has 0 unspecified atom stereocenters. The van der Waals surface area contributed by atoms with E-state index in [2.05, 4.69) is 39.7 Å². The predicted molar refractivity (Wildman–Crippen MR) is 87.6 cm³/mol. The molecule has 0 saturated heterocycles. The largest absolute Gasteiger partial charge is 0.480 e. The van der Waals surface area contributed by atoms with E-state index in [1.807, 2.05) is 24.3 Å². The Morgan fingerprint density at radius 2 is 1.76 bits per heavy atom. The van der Waals surface area contributed by atoms with E-state index in [1.54, 1.807) is 0 Å². The first kappa shape index (κ1) is 15.8. The zero-order valence-electron chi connectivity index (χ0n) is 11.5. The molecule has 0 aliphatic heterocycles. The number of aliphatic carboxylic acids is 1. The van der Waals surface area contributed by atoms with Gasteiger partial charge in [-0.2, -0.15) is 0 Å². The van der Waals surface area contributed by atoms with Crippen LogP contribution < -0.4 is 5.32 Å². The maximum atomic E-state index is 11.9. The minimum absolute atomic E-state index is 0.472. The average Bonchev–Trinajstić information content (AvgIpc) is 2.47. The number of carbonyl (C=O) groups excluding carboxylic acids is 1. The van der Waals surface area contributed by atoms with Crippen molar-refractivity contribution in [3.05, 3.63) is 33.4 Å². The second-order valence-corrected chi connectivity index (χ2v) is 6.40. The summed E-state index contributed by atoms with van der Waals surface area (Å²) in [5.74, 6) is 3.74. The quantitative estimate of drug-likeness (QED) is 0.596. The van der Waals surface area contributed by atoms with Crippen LogP contribution in [-0.2, 0) is 9.59 Å². The second kappa shape index (κ2) is 6.94. The molecule has 2 rings (SSSR count). The number of benzene rings is 1. The van der Waals surface area contributed by atoms with Crippen LogP contribution in [0.25, 0.3) is 0 Å². The minimum Gasteiger partial charge on any atom is -0.480 e. The Morgan fingerprint density at radius 1 is 1.14 bits per heavy atom. The Morgan fingerprint density at radius 3 is 2.33 bits per heavy atom. The van der Waals surface area contributed by atoms with Crippen LogP contribution in [0.1, 0.15) is 37.7 Å².